The summed E-state index contributed by atoms with van der Waals surface area (Å²) >= 11 is 0. The highest BCUT2D eigenvalue weighted by molar-refractivity contribution is 7.89. The van der Waals surface area contributed by atoms with Crippen LogP contribution in [0.4, 0.5) is 0 Å². The highest BCUT2D eigenvalue weighted by atomic mass is 32.2. The van der Waals surface area contributed by atoms with Crippen LogP contribution in [0.15, 0.2) is 53.7 Å². The Morgan fingerprint density at radius 3 is 2.72 bits per heavy atom. The van der Waals surface area contributed by atoms with Crippen LogP contribution in [0.25, 0.3) is 0 Å². The number of phenolic OH excluding ortho intramolecular Hbond substituents is 1. The number of sulfonamides is 1. The van der Waals surface area contributed by atoms with E-state index in [1.165, 1.54) is 30.6 Å². The Labute approximate surface area is 105 Å². The normalized spacial score (nSPS) is 11.3. The molecule has 6 heteroatoms. The van der Waals surface area contributed by atoms with E-state index in [2.05, 4.69) is 9.71 Å². The molecule has 2 rings (SSSR count). The van der Waals surface area contributed by atoms with Gasteiger partial charge in [-0.05, 0) is 29.8 Å². The first kappa shape index (κ1) is 12.5. The molecule has 0 unspecified atom stereocenters. The summed E-state index contributed by atoms with van der Waals surface area (Å²) in [6.07, 6.45) is 2.79. The third kappa shape index (κ3) is 3.06. The molecule has 1 heterocycles. The lowest BCUT2D eigenvalue weighted by Crippen LogP contribution is -2.23. The highest BCUT2D eigenvalue weighted by Crippen LogP contribution is 2.12. The van der Waals surface area contributed by atoms with Crippen molar-refractivity contribution < 1.29 is 13.5 Å². The minimum Gasteiger partial charge on any atom is -0.508 e. The Kier molecular flexibility index (Phi) is 3.59. The highest BCUT2D eigenvalue weighted by Gasteiger charge is 2.13. The number of hydrogen-bond donors (Lipinski definition) is 2. The van der Waals surface area contributed by atoms with Crippen molar-refractivity contribution >= 4 is 10.0 Å². The molecule has 0 radical (unpaired) electrons. The number of rotatable bonds is 4. The summed E-state index contributed by atoms with van der Waals surface area (Å²) in [5, 5.41) is 9.27. The average Bonchev–Trinajstić information content (AvgIpc) is 2.38. The topological polar surface area (TPSA) is 79.3 Å². The van der Waals surface area contributed by atoms with Crippen molar-refractivity contribution in [3.8, 4) is 5.75 Å². The summed E-state index contributed by atoms with van der Waals surface area (Å²) in [7, 11) is -3.57. The number of pyridine rings is 1. The number of nitrogens with one attached hydrogen (secondary N) is 1. The van der Waals surface area contributed by atoms with Gasteiger partial charge in [0.25, 0.3) is 0 Å². The van der Waals surface area contributed by atoms with Gasteiger partial charge in [-0.2, -0.15) is 0 Å². The zero-order valence-corrected chi connectivity index (χ0v) is 10.3. The molecule has 2 N–H and O–H groups in total. The molecule has 5 nitrogen and oxygen atoms in total. The van der Waals surface area contributed by atoms with Crippen molar-refractivity contribution in [1.29, 1.82) is 0 Å². The molecule has 0 spiro atoms. The quantitative estimate of drug-likeness (QED) is 0.871. The largest absolute Gasteiger partial charge is 0.508 e. The van der Waals surface area contributed by atoms with E-state index < -0.39 is 10.0 Å². The van der Waals surface area contributed by atoms with Gasteiger partial charge in [0.15, 0.2) is 0 Å². The lowest BCUT2D eigenvalue weighted by Gasteiger charge is -2.06. The van der Waals surface area contributed by atoms with E-state index >= 15 is 0 Å². The van der Waals surface area contributed by atoms with Gasteiger partial charge in [0, 0.05) is 18.9 Å². The molecule has 1 aromatic heterocycles. The molecule has 0 aliphatic heterocycles. The third-order valence-corrected chi connectivity index (χ3v) is 3.71. The van der Waals surface area contributed by atoms with Gasteiger partial charge in [-0.3, -0.25) is 4.98 Å². The van der Waals surface area contributed by atoms with Crippen molar-refractivity contribution in [3.63, 3.8) is 0 Å². The fourth-order valence-corrected chi connectivity index (χ4v) is 2.41. The molecule has 0 fully saturated rings. The van der Waals surface area contributed by atoms with Crippen LogP contribution < -0.4 is 4.72 Å². The molecule has 0 bridgehead atoms. The van der Waals surface area contributed by atoms with Gasteiger partial charge in [0.2, 0.25) is 10.0 Å². The van der Waals surface area contributed by atoms with Crippen molar-refractivity contribution in [2.45, 2.75) is 11.4 Å². The van der Waals surface area contributed by atoms with Crippen LogP contribution in [0.2, 0.25) is 0 Å². The third-order valence-electron chi connectivity index (χ3n) is 2.32. The summed E-state index contributed by atoms with van der Waals surface area (Å²) in [5.74, 6) is 0.105. The first-order valence-electron chi connectivity index (χ1n) is 5.25. The van der Waals surface area contributed by atoms with Crippen LogP contribution in [0.5, 0.6) is 5.75 Å². The van der Waals surface area contributed by atoms with Crippen molar-refractivity contribution in [2.24, 2.45) is 0 Å². The van der Waals surface area contributed by atoms with Crippen LogP contribution >= 0.6 is 0 Å². The molecule has 0 saturated heterocycles. The molecule has 18 heavy (non-hydrogen) atoms. The Balaban J connectivity index is 2.11. The Bertz CT molecular complexity index is 627. The Hall–Kier alpha value is -1.92. The standard InChI is InChI=1S/C12H12N2O3S/c15-11-4-1-3-10(7-11)8-14-18(16,17)12-5-2-6-13-9-12/h1-7,9,14-15H,8H2. The van der Waals surface area contributed by atoms with Gasteiger partial charge in [-0.15, -0.1) is 0 Å². The van der Waals surface area contributed by atoms with Gasteiger partial charge in [0.1, 0.15) is 10.6 Å². The van der Waals surface area contributed by atoms with E-state index in [1.807, 2.05) is 0 Å². The number of nitrogens with zero attached hydrogens (tertiary/aromatic N) is 1. The summed E-state index contributed by atoms with van der Waals surface area (Å²) in [6.45, 7) is 0.117. The minimum absolute atomic E-state index is 0.105. The van der Waals surface area contributed by atoms with Crippen LogP contribution in [0, 0.1) is 0 Å². The number of benzene rings is 1. The number of phenols is 1. The smallest absolute Gasteiger partial charge is 0.242 e. The Morgan fingerprint density at radius 2 is 2.06 bits per heavy atom. The maximum Gasteiger partial charge on any atom is 0.242 e. The molecule has 94 valence electrons. The molecule has 1 aromatic carbocycles. The van der Waals surface area contributed by atoms with E-state index in [9.17, 15) is 13.5 Å². The van der Waals surface area contributed by atoms with Gasteiger partial charge >= 0.3 is 0 Å². The second kappa shape index (κ2) is 5.16. The van der Waals surface area contributed by atoms with E-state index in [0.29, 0.717) is 5.56 Å². The molecule has 0 aliphatic carbocycles. The molecule has 2 aromatic rings. The fourth-order valence-electron chi connectivity index (χ4n) is 1.43. The van der Waals surface area contributed by atoms with Crippen LogP contribution in [-0.2, 0) is 16.6 Å². The zero-order chi connectivity index (χ0) is 13.0. The fraction of sp³-hybridized carbons (Fsp3) is 0.0833. The molecule has 0 amide bonds. The predicted octanol–water partition coefficient (Wildman–Crippen LogP) is 1.27. The van der Waals surface area contributed by atoms with Crippen molar-refractivity contribution in [1.82, 2.24) is 9.71 Å². The lowest BCUT2D eigenvalue weighted by atomic mass is 10.2. The first-order chi connectivity index (χ1) is 8.58. The zero-order valence-electron chi connectivity index (χ0n) is 9.45. The van der Waals surface area contributed by atoms with Crippen LogP contribution in [0.1, 0.15) is 5.56 Å². The van der Waals surface area contributed by atoms with E-state index in [-0.39, 0.29) is 17.2 Å². The number of hydrogen-bond acceptors (Lipinski definition) is 4. The summed E-state index contributed by atoms with van der Waals surface area (Å²) in [5.41, 5.74) is 0.683. The summed E-state index contributed by atoms with van der Waals surface area (Å²) < 4.78 is 26.2. The lowest BCUT2D eigenvalue weighted by molar-refractivity contribution is 0.474. The first-order valence-corrected chi connectivity index (χ1v) is 6.74. The summed E-state index contributed by atoms with van der Waals surface area (Å²) in [6, 6.07) is 9.44. The second-order valence-electron chi connectivity index (χ2n) is 3.68. The van der Waals surface area contributed by atoms with Gasteiger partial charge in [-0.25, -0.2) is 13.1 Å². The SMILES string of the molecule is O=S(=O)(NCc1cccc(O)c1)c1cccnc1. The van der Waals surface area contributed by atoms with E-state index in [0.717, 1.165) is 0 Å². The number of aromatic nitrogens is 1. The minimum atomic E-state index is -3.57. The second-order valence-corrected chi connectivity index (χ2v) is 5.45. The van der Waals surface area contributed by atoms with Gasteiger partial charge < -0.3 is 5.11 Å². The van der Waals surface area contributed by atoms with Crippen molar-refractivity contribution in [3.05, 3.63) is 54.4 Å². The molecule has 0 atom stereocenters. The maximum atomic E-state index is 11.9. The Morgan fingerprint density at radius 1 is 1.22 bits per heavy atom. The van der Waals surface area contributed by atoms with E-state index in [1.54, 1.807) is 18.2 Å². The molecule has 0 aliphatic rings. The monoisotopic (exact) mass is 264 g/mol. The number of aromatic hydroxyl groups is 1. The van der Waals surface area contributed by atoms with E-state index in [4.69, 9.17) is 0 Å². The van der Waals surface area contributed by atoms with Crippen molar-refractivity contribution in [2.75, 3.05) is 0 Å². The summed E-state index contributed by atoms with van der Waals surface area (Å²) in [4.78, 5) is 3.88. The van der Waals surface area contributed by atoms with Gasteiger partial charge in [0.05, 0.1) is 0 Å². The van der Waals surface area contributed by atoms with Crippen LogP contribution in [-0.4, -0.2) is 18.5 Å². The molecule has 0 saturated carbocycles. The molecular weight excluding hydrogens is 252 g/mol. The predicted molar refractivity (Wildman–Crippen MR) is 66.4 cm³/mol. The average molecular weight is 264 g/mol. The van der Waals surface area contributed by atoms with Crippen LogP contribution in [0.3, 0.4) is 0 Å². The van der Waals surface area contributed by atoms with Gasteiger partial charge in [-0.1, -0.05) is 12.1 Å². The maximum absolute atomic E-state index is 11.9. The molecular formula is C12H12N2O3S.